The zero-order valence-electron chi connectivity index (χ0n) is 11.9. The molecule has 0 unspecified atom stereocenters. The average molecular weight is 267 g/mol. The van der Waals surface area contributed by atoms with E-state index in [0.717, 1.165) is 37.2 Å². The first-order chi connectivity index (χ1) is 9.24. The second-order valence-corrected chi connectivity index (χ2v) is 4.86. The molecule has 1 aliphatic heterocycles. The highest BCUT2D eigenvalue weighted by molar-refractivity contribution is 5.49. The second kappa shape index (κ2) is 6.24. The third-order valence-corrected chi connectivity index (χ3v) is 3.77. The highest BCUT2D eigenvalue weighted by Crippen LogP contribution is 2.38. The number of fused-ring (bicyclic) bond motifs is 1. The van der Waals surface area contributed by atoms with Crippen LogP contribution < -0.4 is 9.47 Å². The van der Waals surface area contributed by atoms with Crippen molar-refractivity contribution in [1.82, 2.24) is 4.90 Å². The van der Waals surface area contributed by atoms with E-state index in [1.54, 1.807) is 14.2 Å². The maximum absolute atomic E-state index is 13.4. The van der Waals surface area contributed by atoms with Gasteiger partial charge in [0.25, 0.3) is 0 Å². The van der Waals surface area contributed by atoms with Crippen molar-refractivity contribution in [2.75, 3.05) is 34.0 Å². The number of benzene rings is 1. The van der Waals surface area contributed by atoms with Crippen LogP contribution in [0.4, 0.5) is 4.39 Å². The van der Waals surface area contributed by atoms with E-state index in [4.69, 9.17) is 9.47 Å². The molecule has 0 amide bonds. The van der Waals surface area contributed by atoms with Crippen LogP contribution in [-0.4, -0.2) is 38.9 Å². The Bertz CT molecular complexity index is 436. The van der Waals surface area contributed by atoms with Gasteiger partial charge in [-0.2, -0.15) is 0 Å². The Balaban J connectivity index is 2.39. The summed E-state index contributed by atoms with van der Waals surface area (Å²) in [4.78, 5) is 2.22. The summed E-state index contributed by atoms with van der Waals surface area (Å²) in [7, 11) is 3.24. The summed E-state index contributed by atoms with van der Waals surface area (Å²) >= 11 is 0. The zero-order chi connectivity index (χ0) is 13.8. The van der Waals surface area contributed by atoms with Crippen LogP contribution in [0.5, 0.6) is 11.5 Å². The van der Waals surface area contributed by atoms with Crippen LogP contribution in [0.15, 0.2) is 12.1 Å². The molecule has 1 aromatic rings. The minimum absolute atomic E-state index is 0.150. The maximum atomic E-state index is 13.4. The third-order valence-electron chi connectivity index (χ3n) is 3.77. The lowest BCUT2D eigenvalue weighted by molar-refractivity contribution is 0.154. The lowest BCUT2D eigenvalue weighted by Crippen LogP contribution is -2.37. The van der Waals surface area contributed by atoms with E-state index in [0.29, 0.717) is 5.75 Å². The molecule has 2 rings (SSSR count). The average Bonchev–Trinajstić information content (AvgIpc) is 2.45. The predicted molar refractivity (Wildman–Crippen MR) is 73.8 cm³/mol. The normalized spacial score (nSPS) is 19.1. The van der Waals surface area contributed by atoms with Gasteiger partial charge in [0.2, 0.25) is 0 Å². The van der Waals surface area contributed by atoms with E-state index in [-0.39, 0.29) is 12.7 Å². The standard InChI is InChI=1S/C15H22FNO2/c1-4-6-17-7-5-11-8-14(18-2)15(19-3)9-12(11)13(17)10-16/h8-9,13H,4-7,10H2,1-3H3/t13-/m1/s1. The predicted octanol–water partition coefficient (Wildman–Crippen LogP) is 2.98. The van der Waals surface area contributed by atoms with Crippen molar-refractivity contribution in [3.8, 4) is 11.5 Å². The highest BCUT2D eigenvalue weighted by atomic mass is 19.1. The van der Waals surface area contributed by atoms with E-state index in [2.05, 4.69) is 11.8 Å². The fraction of sp³-hybridized carbons (Fsp3) is 0.600. The first-order valence-corrected chi connectivity index (χ1v) is 6.79. The van der Waals surface area contributed by atoms with Gasteiger partial charge in [-0.15, -0.1) is 0 Å². The SMILES string of the molecule is CCCN1CCc2cc(OC)c(OC)cc2[C@H]1CF. The molecule has 0 N–H and O–H groups in total. The fourth-order valence-electron chi connectivity index (χ4n) is 2.82. The fourth-order valence-corrected chi connectivity index (χ4v) is 2.82. The summed E-state index contributed by atoms with van der Waals surface area (Å²) in [6.07, 6.45) is 1.98. The molecule has 1 aliphatic rings. The monoisotopic (exact) mass is 267 g/mol. The Morgan fingerprint density at radius 1 is 1.26 bits per heavy atom. The number of halogens is 1. The minimum atomic E-state index is -0.359. The van der Waals surface area contributed by atoms with Crippen molar-refractivity contribution in [2.45, 2.75) is 25.8 Å². The van der Waals surface area contributed by atoms with Crippen molar-refractivity contribution >= 4 is 0 Å². The van der Waals surface area contributed by atoms with Crippen molar-refractivity contribution in [2.24, 2.45) is 0 Å². The number of methoxy groups -OCH3 is 2. The van der Waals surface area contributed by atoms with E-state index in [1.807, 2.05) is 12.1 Å². The number of ether oxygens (including phenoxy) is 2. The van der Waals surface area contributed by atoms with Crippen molar-refractivity contribution < 1.29 is 13.9 Å². The third kappa shape index (κ3) is 2.68. The van der Waals surface area contributed by atoms with Gasteiger partial charge in [0.05, 0.1) is 20.3 Å². The van der Waals surface area contributed by atoms with E-state index in [1.165, 1.54) is 5.56 Å². The quantitative estimate of drug-likeness (QED) is 0.818. The summed E-state index contributed by atoms with van der Waals surface area (Å²) in [5, 5.41) is 0. The second-order valence-electron chi connectivity index (χ2n) is 4.86. The molecule has 0 aromatic heterocycles. The summed E-state index contributed by atoms with van der Waals surface area (Å²) in [6, 6.07) is 3.77. The first kappa shape index (κ1) is 14.1. The number of nitrogens with zero attached hydrogens (tertiary/aromatic N) is 1. The molecular weight excluding hydrogens is 245 g/mol. The first-order valence-electron chi connectivity index (χ1n) is 6.79. The molecule has 3 nitrogen and oxygen atoms in total. The van der Waals surface area contributed by atoms with Gasteiger partial charge in [0.15, 0.2) is 11.5 Å². The minimum Gasteiger partial charge on any atom is -0.493 e. The number of hydrogen-bond acceptors (Lipinski definition) is 3. The number of rotatable bonds is 5. The van der Waals surface area contributed by atoms with Gasteiger partial charge in [0, 0.05) is 6.54 Å². The van der Waals surface area contributed by atoms with Crippen molar-refractivity contribution in [3.05, 3.63) is 23.3 Å². The molecule has 1 atom stereocenters. The Morgan fingerprint density at radius 3 is 2.53 bits per heavy atom. The summed E-state index contributed by atoms with van der Waals surface area (Å²) in [5.74, 6) is 1.40. The molecule has 0 saturated carbocycles. The molecule has 106 valence electrons. The Hall–Kier alpha value is -1.29. The molecule has 1 heterocycles. The van der Waals surface area contributed by atoms with Gasteiger partial charge in [0.1, 0.15) is 6.67 Å². The Labute approximate surface area is 114 Å². The van der Waals surface area contributed by atoms with Crippen LogP contribution in [0.2, 0.25) is 0 Å². The molecule has 0 fully saturated rings. The van der Waals surface area contributed by atoms with Crippen LogP contribution >= 0.6 is 0 Å². The van der Waals surface area contributed by atoms with Crippen molar-refractivity contribution in [3.63, 3.8) is 0 Å². The van der Waals surface area contributed by atoms with Gasteiger partial charge in [-0.05, 0) is 42.6 Å². The summed E-state index contributed by atoms with van der Waals surface area (Å²) < 4.78 is 24.1. The van der Waals surface area contributed by atoms with Crippen LogP contribution in [0.25, 0.3) is 0 Å². The van der Waals surface area contributed by atoms with E-state index >= 15 is 0 Å². The zero-order valence-corrected chi connectivity index (χ0v) is 11.9. The van der Waals surface area contributed by atoms with Gasteiger partial charge in [-0.3, -0.25) is 4.90 Å². The smallest absolute Gasteiger partial charge is 0.161 e. The van der Waals surface area contributed by atoms with Gasteiger partial charge in [-0.1, -0.05) is 6.92 Å². The molecule has 0 aliphatic carbocycles. The van der Waals surface area contributed by atoms with Gasteiger partial charge >= 0.3 is 0 Å². The van der Waals surface area contributed by atoms with Gasteiger partial charge in [-0.25, -0.2) is 4.39 Å². The number of hydrogen-bond donors (Lipinski definition) is 0. The van der Waals surface area contributed by atoms with E-state index in [9.17, 15) is 4.39 Å². The molecular formula is C15H22FNO2. The topological polar surface area (TPSA) is 21.7 Å². The molecule has 0 radical (unpaired) electrons. The highest BCUT2D eigenvalue weighted by Gasteiger charge is 2.28. The van der Waals surface area contributed by atoms with Crippen LogP contribution in [0.3, 0.4) is 0 Å². The largest absolute Gasteiger partial charge is 0.493 e. The Morgan fingerprint density at radius 2 is 1.95 bits per heavy atom. The molecule has 1 aromatic carbocycles. The van der Waals surface area contributed by atoms with Crippen LogP contribution in [-0.2, 0) is 6.42 Å². The summed E-state index contributed by atoms with van der Waals surface area (Å²) in [5.41, 5.74) is 2.22. The van der Waals surface area contributed by atoms with E-state index < -0.39 is 0 Å². The summed E-state index contributed by atoms with van der Waals surface area (Å²) in [6.45, 7) is 3.61. The maximum Gasteiger partial charge on any atom is 0.161 e. The lowest BCUT2D eigenvalue weighted by atomic mass is 9.92. The van der Waals surface area contributed by atoms with Crippen LogP contribution in [0.1, 0.15) is 30.5 Å². The molecule has 0 saturated heterocycles. The molecule has 0 bridgehead atoms. The molecule has 0 spiro atoms. The lowest BCUT2D eigenvalue weighted by Gasteiger charge is -2.36. The van der Waals surface area contributed by atoms with Crippen molar-refractivity contribution in [1.29, 1.82) is 0 Å². The molecule has 19 heavy (non-hydrogen) atoms. The number of alkyl halides is 1. The Kier molecular flexibility index (Phi) is 4.64. The molecule has 4 heteroatoms. The van der Waals surface area contributed by atoms with Crippen LogP contribution in [0, 0.1) is 0 Å². The van der Waals surface area contributed by atoms with Gasteiger partial charge < -0.3 is 9.47 Å².